The molecular weight excluding hydrogens is 352 g/mol. The quantitative estimate of drug-likeness (QED) is 0.604. The number of carbonyl (C=O) groups is 1. The Balaban J connectivity index is 1.76. The molecule has 5 N–H and O–H groups in total. The number of nitrogen functional groups attached to an aromatic ring is 2. The molecule has 1 atom stereocenters. The second kappa shape index (κ2) is 6.82. The van der Waals surface area contributed by atoms with Crippen LogP contribution in [-0.4, -0.2) is 15.9 Å². The predicted octanol–water partition coefficient (Wildman–Crippen LogP) is 2.86. The van der Waals surface area contributed by atoms with Gasteiger partial charge in [0.25, 0.3) is 0 Å². The van der Waals surface area contributed by atoms with Crippen LogP contribution >= 0.6 is 0 Å². The van der Waals surface area contributed by atoms with Gasteiger partial charge in [-0.1, -0.05) is 12.1 Å². The highest BCUT2D eigenvalue weighted by Crippen LogP contribution is 2.32. The van der Waals surface area contributed by atoms with E-state index in [2.05, 4.69) is 21.4 Å². The minimum Gasteiger partial charge on any atom is -0.398 e. The first-order chi connectivity index (χ1) is 13.5. The number of nitrogens with two attached hydrogens (primary N) is 2. The van der Waals surface area contributed by atoms with Crippen LogP contribution in [0.2, 0.25) is 0 Å². The van der Waals surface area contributed by atoms with Crippen molar-refractivity contribution in [2.75, 3.05) is 11.5 Å². The first-order valence-electron chi connectivity index (χ1n) is 9.09. The summed E-state index contributed by atoms with van der Waals surface area (Å²) in [4.78, 5) is 20.9. The monoisotopic (exact) mass is 372 g/mol. The van der Waals surface area contributed by atoms with Gasteiger partial charge in [-0.3, -0.25) is 9.78 Å². The molecule has 4 rings (SSSR count). The molecule has 1 saturated carbocycles. The molecule has 7 heteroatoms. The summed E-state index contributed by atoms with van der Waals surface area (Å²) in [5, 5.41) is 13.8. The average Bonchev–Trinajstić information content (AvgIpc) is 3.53. The zero-order valence-corrected chi connectivity index (χ0v) is 15.4. The molecule has 0 aliphatic heterocycles. The number of aromatic nitrogens is 2. The number of hydrogen-bond acceptors (Lipinski definition) is 6. The normalized spacial score (nSPS) is 14.4. The lowest BCUT2D eigenvalue weighted by molar-refractivity contribution is -0.122. The molecule has 2 aromatic heterocycles. The van der Waals surface area contributed by atoms with Gasteiger partial charge in [-0.05, 0) is 48.9 Å². The number of nitrogens with zero attached hydrogens (tertiary/aromatic N) is 3. The molecule has 2 heterocycles. The predicted molar refractivity (Wildman–Crippen MR) is 108 cm³/mol. The standard InChI is InChI=1S/C21H20N6O/c1-11-14(3-2-4-16(11)23)17-7-13-8-18(25-10-15(13)20(24)26-17)19(9-22)27-21(28)12-5-6-12/h2-4,7-8,10,12,19H,5-6,23H2,1H3,(H2,24,26)(H,27,28). The minimum absolute atomic E-state index is 0.0225. The van der Waals surface area contributed by atoms with E-state index in [0.29, 0.717) is 28.3 Å². The number of fused-ring (bicyclic) bond motifs is 1. The van der Waals surface area contributed by atoms with Crippen LogP contribution in [0.1, 0.15) is 30.1 Å². The fourth-order valence-electron chi connectivity index (χ4n) is 3.20. The van der Waals surface area contributed by atoms with Gasteiger partial charge >= 0.3 is 0 Å². The summed E-state index contributed by atoms with van der Waals surface area (Å²) in [6, 6.07) is 10.6. The van der Waals surface area contributed by atoms with E-state index in [1.165, 1.54) is 0 Å². The topological polar surface area (TPSA) is 131 Å². The highest BCUT2D eigenvalue weighted by molar-refractivity contribution is 5.94. The summed E-state index contributed by atoms with van der Waals surface area (Å²) in [5.74, 6) is 0.275. The van der Waals surface area contributed by atoms with Crippen LogP contribution in [0.4, 0.5) is 11.5 Å². The van der Waals surface area contributed by atoms with Gasteiger partial charge in [0.2, 0.25) is 5.91 Å². The van der Waals surface area contributed by atoms with E-state index in [4.69, 9.17) is 11.5 Å². The van der Waals surface area contributed by atoms with Gasteiger partial charge in [0.05, 0.1) is 17.5 Å². The number of amides is 1. The molecule has 28 heavy (non-hydrogen) atoms. The number of nitrogens with one attached hydrogen (secondary N) is 1. The van der Waals surface area contributed by atoms with Crippen LogP contribution in [0.5, 0.6) is 0 Å². The van der Waals surface area contributed by atoms with Crippen molar-refractivity contribution in [3.63, 3.8) is 0 Å². The maximum atomic E-state index is 12.0. The van der Waals surface area contributed by atoms with Crippen molar-refractivity contribution in [2.24, 2.45) is 5.92 Å². The third-order valence-electron chi connectivity index (χ3n) is 5.08. The van der Waals surface area contributed by atoms with Crippen molar-refractivity contribution in [3.8, 4) is 17.3 Å². The molecule has 7 nitrogen and oxygen atoms in total. The molecule has 3 aromatic rings. The third kappa shape index (κ3) is 3.21. The van der Waals surface area contributed by atoms with E-state index in [1.807, 2.05) is 31.2 Å². The Labute approximate surface area is 162 Å². The molecule has 1 aromatic carbocycles. The van der Waals surface area contributed by atoms with Gasteiger partial charge in [0.1, 0.15) is 5.82 Å². The number of pyridine rings is 2. The SMILES string of the molecule is Cc1c(N)cccc1-c1cc2cc(C(C#N)NC(=O)C3CC3)ncc2c(N)n1. The van der Waals surface area contributed by atoms with E-state index in [0.717, 1.165) is 29.4 Å². The minimum atomic E-state index is -0.801. The Morgan fingerprint density at radius 1 is 1.32 bits per heavy atom. The largest absolute Gasteiger partial charge is 0.398 e. The smallest absolute Gasteiger partial charge is 0.224 e. The van der Waals surface area contributed by atoms with Gasteiger partial charge in [0.15, 0.2) is 6.04 Å². The zero-order chi connectivity index (χ0) is 19.8. The average molecular weight is 372 g/mol. The van der Waals surface area contributed by atoms with Crippen molar-refractivity contribution >= 4 is 28.2 Å². The third-order valence-corrected chi connectivity index (χ3v) is 5.08. The molecule has 0 spiro atoms. The molecule has 1 amide bonds. The lowest BCUT2D eigenvalue weighted by Gasteiger charge is -2.13. The number of hydrogen-bond donors (Lipinski definition) is 3. The first kappa shape index (κ1) is 17.7. The van der Waals surface area contributed by atoms with Crippen LogP contribution < -0.4 is 16.8 Å². The van der Waals surface area contributed by atoms with Crippen molar-refractivity contribution in [2.45, 2.75) is 25.8 Å². The molecule has 1 aliphatic carbocycles. The molecule has 1 fully saturated rings. The van der Waals surface area contributed by atoms with Crippen molar-refractivity contribution in [1.29, 1.82) is 5.26 Å². The van der Waals surface area contributed by atoms with Gasteiger partial charge in [-0.2, -0.15) is 5.26 Å². The summed E-state index contributed by atoms with van der Waals surface area (Å²) in [6.45, 7) is 1.93. The van der Waals surface area contributed by atoms with E-state index >= 15 is 0 Å². The van der Waals surface area contributed by atoms with Crippen LogP contribution in [0.3, 0.4) is 0 Å². The summed E-state index contributed by atoms with van der Waals surface area (Å²) < 4.78 is 0. The molecule has 1 unspecified atom stereocenters. The summed E-state index contributed by atoms with van der Waals surface area (Å²) in [7, 11) is 0. The maximum absolute atomic E-state index is 12.0. The van der Waals surface area contributed by atoms with E-state index in [9.17, 15) is 10.1 Å². The van der Waals surface area contributed by atoms with Crippen LogP contribution in [0.25, 0.3) is 22.0 Å². The number of benzene rings is 1. The molecule has 0 saturated heterocycles. The first-order valence-corrected chi connectivity index (χ1v) is 9.09. The molecule has 140 valence electrons. The summed E-state index contributed by atoms with van der Waals surface area (Å²) >= 11 is 0. The number of anilines is 2. The fraction of sp³-hybridized carbons (Fsp3) is 0.238. The van der Waals surface area contributed by atoms with Crippen molar-refractivity contribution in [1.82, 2.24) is 15.3 Å². The lowest BCUT2D eigenvalue weighted by Crippen LogP contribution is -2.29. The Morgan fingerprint density at radius 2 is 2.11 bits per heavy atom. The van der Waals surface area contributed by atoms with Crippen LogP contribution in [0.15, 0.2) is 36.5 Å². The lowest BCUT2D eigenvalue weighted by atomic mass is 10.0. The molecule has 1 aliphatic rings. The highest BCUT2D eigenvalue weighted by atomic mass is 16.2. The Hall–Kier alpha value is -3.66. The van der Waals surface area contributed by atoms with Gasteiger partial charge in [0, 0.05) is 28.8 Å². The zero-order valence-electron chi connectivity index (χ0n) is 15.4. The van der Waals surface area contributed by atoms with Gasteiger partial charge in [-0.15, -0.1) is 0 Å². The van der Waals surface area contributed by atoms with E-state index in [-0.39, 0.29) is 11.8 Å². The van der Waals surface area contributed by atoms with Gasteiger partial charge in [-0.25, -0.2) is 4.98 Å². The second-order valence-corrected chi connectivity index (χ2v) is 7.09. The number of carbonyl (C=O) groups excluding carboxylic acids is 1. The molecule has 0 bridgehead atoms. The summed E-state index contributed by atoms with van der Waals surface area (Å²) in [6.07, 6.45) is 3.34. The maximum Gasteiger partial charge on any atom is 0.224 e. The number of rotatable bonds is 4. The number of nitriles is 1. The Bertz CT molecular complexity index is 1130. The van der Waals surface area contributed by atoms with Crippen LogP contribution in [0, 0.1) is 24.2 Å². The van der Waals surface area contributed by atoms with E-state index in [1.54, 1.807) is 12.3 Å². The van der Waals surface area contributed by atoms with Crippen molar-refractivity contribution < 1.29 is 4.79 Å². The van der Waals surface area contributed by atoms with Gasteiger partial charge < -0.3 is 16.8 Å². The van der Waals surface area contributed by atoms with Crippen LogP contribution in [-0.2, 0) is 4.79 Å². The highest BCUT2D eigenvalue weighted by Gasteiger charge is 2.31. The fourth-order valence-corrected chi connectivity index (χ4v) is 3.20. The van der Waals surface area contributed by atoms with Crippen molar-refractivity contribution in [3.05, 3.63) is 47.8 Å². The molecule has 0 radical (unpaired) electrons. The Kier molecular flexibility index (Phi) is 4.32. The molecular formula is C21H20N6O. The summed E-state index contributed by atoms with van der Waals surface area (Å²) in [5.41, 5.74) is 15.8. The Morgan fingerprint density at radius 3 is 2.82 bits per heavy atom. The second-order valence-electron chi connectivity index (χ2n) is 7.09. The van der Waals surface area contributed by atoms with E-state index < -0.39 is 6.04 Å².